The van der Waals surface area contributed by atoms with E-state index in [1.807, 2.05) is 0 Å². The maximum atomic E-state index is 13.5. The Labute approximate surface area is 176 Å². The molecule has 3 nitrogen and oxygen atoms in total. The third-order valence-electron chi connectivity index (χ3n) is 3.96. The van der Waals surface area contributed by atoms with Gasteiger partial charge in [0.1, 0.15) is 17.5 Å². The molecular formula is C19H13BrF6O3S. The fourth-order valence-corrected chi connectivity index (χ4v) is 3.26. The van der Waals surface area contributed by atoms with Gasteiger partial charge in [-0.25, -0.2) is 13.2 Å². The zero-order valence-corrected chi connectivity index (χ0v) is 17.7. The summed E-state index contributed by atoms with van der Waals surface area (Å²) in [6, 6.07) is 8.90. The lowest BCUT2D eigenvalue weighted by molar-refractivity contribution is -0.0499. The van der Waals surface area contributed by atoms with E-state index in [0.29, 0.717) is 9.86 Å². The zero-order chi connectivity index (χ0) is 22.9. The number of benzene rings is 3. The van der Waals surface area contributed by atoms with Crippen LogP contribution < -0.4 is 4.18 Å². The number of hydrogen-bond acceptors (Lipinski definition) is 3. The van der Waals surface area contributed by atoms with Gasteiger partial charge in [-0.2, -0.15) is 21.6 Å². The van der Waals surface area contributed by atoms with Crippen LogP contribution in [0.25, 0.3) is 10.8 Å². The first kappa shape index (κ1) is 24.0. The number of aryl methyl sites for hydroxylation is 1. The van der Waals surface area contributed by atoms with Crippen molar-refractivity contribution >= 4 is 36.8 Å². The Morgan fingerprint density at radius 3 is 2.00 bits per heavy atom. The van der Waals surface area contributed by atoms with E-state index >= 15 is 0 Å². The first-order valence-electron chi connectivity index (χ1n) is 8.05. The molecule has 0 amide bonds. The minimum Gasteiger partial charge on any atom is -0.375 e. The molecule has 0 N–H and O–H groups in total. The molecule has 3 rings (SSSR count). The first-order chi connectivity index (χ1) is 13.8. The van der Waals surface area contributed by atoms with Crippen molar-refractivity contribution < 1.29 is 38.9 Å². The average Bonchev–Trinajstić information content (AvgIpc) is 2.65. The molecule has 0 bridgehead atoms. The van der Waals surface area contributed by atoms with E-state index in [0.717, 1.165) is 12.1 Å². The van der Waals surface area contributed by atoms with E-state index < -0.39 is 38.8 Å². The highest BCUT2D eigenvalue weighted by molar-refractivity contribution is 9.10. The summed E-state index contributed by atoms with van der Waals surface area (Å²) in [5.41, 5.74) is -5.49. The second-order valence-electron chi connectivity index (χ2n) is 5.98. The molecule has 0 atom stereocenters. The van der Waals surface area contributed by atoms with Crippen LogP contribution in [0.4, 0.5) is 26.3 Å². The molecule has 30 heavy (non-hydrogen) atoms. The van der Waals surface area contributed by atoms with Crippen LogP contribution in [0.15, 0.2) is 46.9 Å². The summed E-state index contributed by atoms with van der Waals surface area (Å²) in [7, 11) is -5.79. The lowest BCUT2D eigenvalue weighted by Gasteiger charge is -2.13. The number of hydrogen-bond donors (Lipinski definition) is 0. The molecule has 3 aromatic rings. The highest BCUT2D eigenvalue weighted by Gasteiger charge is 2.48. The van der Waals surface area contributed by atoms with Crippen LogP contribution in [0, 0.1) is 31.3 Å². The van der Waals surface area contributed by atoms with E-state index in [2.05, 4.69) is 20.1 Å². The minimum absolute atomic E-state index is 0.00970. The Bertz CT molecular complexity index is 1170. The van der Waals surface area contributed by atoms with Crippen LogP contribution in [0.3, 0.4) is 0 Å². The molecule has 162 valence electrons. The van der Waals surface area contributed by atoms with Gasteiger partial charge in [-0.15, -0.1) is 0 Å². The van der Waals surface area contributed by atoms with Crippen LogP contribution in [0.1, 0.15) is 11.1 Å². The van der Waals surface area contributed by atoms with Gasteiger partial charge >= 0.3 is 15.6 Å². The van der Waals surface area contributed by atoms with Gasteiger partial charge in [-0.05, 0) is 65.0 Å². The third kappa shape index (κ3) is 5.07. The molecule has 0 fully saturated rings. The van der Waals surface area contributed by atoms with Crippen molar-refractivity contribution in [2.24, 2.45) is 0 Å². The van der Waals surface area contributed by atoms with Gasteiger partial charge in [0.25, 0.3) is 0 Å². The van der Waals surface area contributed by atoms with Gasteiger partial charge in [0.2, 0.25) is 0 Å². The molecule has 0 unspecified atom stereocenters. The minimum atomic E-state index is -5.79. The van der Waals surface area contributed by atoms with E-state index in [1.165, 1.54) is 44.2 Å². The second-order valence-corrected chi connectivity index (χ2v) is 8.37. The van der Waals surface area contributed by atoms with Crippen LogP contribution in [0.5, 0.6) is 5.75 Å². The van der Waals surface area contributed by atoms with Crippen molar-refractivity contribution in [2.75, 3.05) is 0 Å². The molecule has 0 saturated carbocycles. The zero-order valence-electron chi connectivity index (χ0n) is 15.3. The predicted molar refractivity (Wildman–Crippen MR) is 103 cm³/mol. The van der Waals surface area contributed by atoms with E-state index in [4.69, 9.17) is 0 Å². The Morgan fingerprint density at radius 2 is 1.43 bits per heavy atom. The Kier molecular flexibility index (Phi) is 7.08. The number of rotatable bonds is 2. The molecule has 3 aromatic carbocycles. The van der Waals surface area contributed by atoms with Crippen molar-refractivity contribution in [3.8, 4) is 5.75 Å². The fraction of sp³-hybridized carbons (Fsp3) is 0.158. The molecule has 0 aliphatic carbocycles. The Balaban J connectivity index is 0.000000269. The van der Waals surface area contributed by atoms with Gasteiger partial charge in [-0.3, -0.25) is 0 Å². The summed E-state index contributed by atoms with van der Waals surface area (Å²) < 4.78 is 102. The summed E-state index contributed by atoms with van der Waals surface area (Å²) in [6.07, 6.45) is 0. The summed E-state index contributed by atoms with van der Waals surface area (Å²) in [4.78, 5) is 0. The number of halogens is 7. The Hall–Kier alpha value is -2.27. The van der Waals surface area contributed by atoms with Crippen LogP contribution >= 0.6 is 15.9 Å². The van der Waals surface area contributed by atoms with Crippen molar-refractivity contribution in [3.63, 3.8) is 0 Å². The molecule has 0 saturated heterocycles. The molecule has 0 heterocycles. The molecule has 0 aliphatic rings. The third-order valence-corrected chi connectivity index (χ3v) is 5.54. The van der Waals surface area contributed by atoms with E-state index in [9.17, 15) is 34.8 Å². The Morgan fingerprint density at radius 1 is 0.867 bits per heavy atom. The van der Waals surface area contributed by atoms with Gasteiger partial charge < -0.3 is 4.18 Å². The lowest BCUT2D eigenvalue weighted by Crippen LogP contribution is -2.28. The largest absolute Gasteiger partial charge is 0.534 e. The molecule has 0 aromatic heterocycles. The molecular weight excluding hydrogens is 502 g/mol. The number of alkyl halides is 3. The van der Waals surface area contributed by atoms with Gasteiger partial charge in [0, 0.05) is 10.9 Å². The predicted octanol–water partition coefficient (Wildman–Crippen LogP) is 6.55. The average molecular weight is 515 g/mol. The smallest absolute Gasteiger partial charge is 0.375 e. The molecule has 0 radical (unpaired) electrons. The SMILES string of the molecule is Cc1c(F)ccc(Br)c1F.Cc1c(F)ccc2cccc(OS(=O)(=O)C(F)(F)F)c12. The maximum absolute atomic E-state index is 13.5. The monoisotopic (exact) mass is 514 g/mol. The number of fused-ring (bicyclic) bond motifs is 1. The van der Waals surface area contributed by atoms with Gasteiger partial charge in [0.05, 0.1) is 4.47 Å². The standard InChI is InChI=1S/C12H8F4O3S.C7H5BrF2/c1-7-9(13)6-5-8-3-2-4-10(11(7)8)19-20(17,18)12(14,15)16;1-4-6(9)3-2-5(8)7(4)10/h2-6H,1H3;2-3H,1H3. The molecule has 0 aliphatic heterocycles. The van der Waals surface area contributed by atoms with Crippen molar-refractivity contribution in [3.05, 3.63) is 75.5 Å². The van der Waals surface area contributed by atoms with E-state index in [-0.39, 0.29) is 16.5 Å². The van der Waals surface area contributed by atoms with Gasteiger partial charge in [0.15, 0.2) is 5.75 Å². The highest BCUT2D eigenvalue weighted by atomic mass is 79.9. The topological polar surface area (TPSA) is 43.4 Å². The lowest BCUT2D eigenvalue weighted by atomic mass is 10.0. The van der Waals surface area contributed by atoms with Crippen LogP contribution in [-0.4, -0.2) is 13.9 Å². The quantitative estimate of drug-likeness (QED) is 0.168. The van der Waals surface area contributed by atoms with Gasteiger partial charge in [-0.1, -0.05) is 18.2 Å². The van der Waals surface area contributed by atoms with Crippen LogP contribution in [0.2, 0.25) is 0 Å². The van der Waals surface area contributed by atoms with Crippen molar-refractivity contribution in [2.45, 2.75) is 19.4 Å². The van der Waals surface area contributed by atoms with Crippen molar-refractivity contribution in [1.29, 1.82) is 0 Å². The van der Waals surface area contributed by atoms with Crippen molar-refractivity contribution in [1.82, 2.24) is 0 Å². The maximum Gasteiger partial charge on any atom is 0.534 e. The summed E-state index contributed by atoms with van der Waals surface area (Å²) >= 11 is 2.94. The molecule has 0 spiro atoms. The van der Waals surface area contributed by atoms with Crippen LogP contribution in [-0.2, 0) is 10.1 Å². The fourth-order valence-electron chi connectivity index (χ4n) is 2.36. The summed E-state index contributed by atoms with van der Waals surface area (Å²) in [6.45, 7) is 2.72. The first-order valence-corrected chi connectivity index (χ1v) is 10.2. The normalized spacial score (nSPS) is 11.8. The summed E-state index contributed by atoms with van der Waals surface area (Å²) in [5, 5.41) is 0.360. The second kappa shape index (κ2) is 8.84. The molecule has 11 heteroatoms. The van der Waals surface area contributed by atoms with E-state index in [1.54, 1.807) is 0 Å². The summed E-state index contributed by atoms with van der Waals surface area (Å²) in [5.74, 6) is -2.27. The highest BCUT2D eigenvalue weighted by Crippen LogP contribution is 2.34.